The molecule has 0 atom stereocenters. The minimum atomic E-state index is -0.0512. The lowest BCUT2D eigenvalue weighted by atomic mass is 9.95. The van der Waals surface area contributed by atoms with Crippen molar-refractivity contribution in [3.05, 3.63) is 88.3 Å². The number of fused-ring (bicyclic) bond motifs is 3. The van der Waals surface area contributed by atoms with E-state index < -0.39 is 0 Å². The fourth-order valence-corrected chi connectivity index (χ4v) is 5.08. The molecule has 5 nitrogen and oxygen atoms in total. The van der Waals surface area contributed by atoms with Crippen LogP contribution in [0.4, 0.5) is 0 Å². The quantitative estimate of drug-likeness (QED) is 0.555. The molecule has 4 aromatic rings. The molecule has 0 aliphatic heterocycles. The van der Waals surface area contributed by atoms with Crippen LogP contribution in [0.3, 0.4) is 0 Å². The zero-order valence-electron chi connectivity index (χ0n) is 16.1. The number of amides is 1. The van der Waals surface area contributed by atoms with Crippen LogP contribution in [0.5, 0.6) is 0 Å². The van der Waals surface area contributed by atoms with Crippen LogP contribution < -0.4 is 5.32 Å². The third-order valence-corrected chi connectivity index (χ3v) is 6.40. The molecule has 0 bridgehead atoms. The van der Waals surface area contributed by atoms with Crippen LogP contribution in [-0.4, -0.2) is 20.7 Å². The minimum Gasteiger partial charge on any atom is -0.346 e. The molecule has 0 fully saturated rings. The van der Waals surface area contributed by atoms with Gasteiger partial charge >= 0.3 is 0 Å². The lowest BCUT2D eigenvalue weighted by molar-refractivity contribution is 0.0954. The van der Waals surface area contributed by atoms with Gasteiger partial charge in [0.15, 0.2) is 0 Å². The molecular formula is C23H20N4OS. The Hall–Kier alpha value is -3.25. The van der Waals surface area contributed by atoms with Crippen LogP contribution in [0.2, 0.25) is 0 Å². The molecule has 1 amide bonds. The molecule has 29 heavy (non-hydrogen) atoms. The normalized spacial score (nSPS) is 12.3. The predicted molar refractivity (Wildman–Crippen MR) is 114 cm³/mol. The monoisotopic (exact) mass is 400 g/mol. The molecule has 144 valence electrons. The van der Waals surface area contributed by atoms with Gasteiger partial charge in [0.25, 0.3) is 5.91 Å². The van der Waals surface area contributed by atoms with Crippen LogP contribution in [0.1, 0.15) is 32.3 Å². The van der Waals surface area contributed by atoms with Gasteiger partial charge < -0.3 is 5.32 Å². The van der Waals surface area contributed by atoms with E-state index in [0.717, 1.165) is 34.8 Å². The smallest absolute Gasteiger partial charge is 0.261 e. The number of nitrogens with one attached hydrogen (secondary N) is 1. The fourth-order valence-electron chi connectivity index (χ4n) is 3.84. The van der Waals surface area contributed by atoms with Crippen LogP contribution in [0.15, 0.2) is 60.8 Å². The van der Waals surface area contributed by atoms with Crippen molar-refractivity contribution in [2.75, 3.05) is 0 Å². The predicted octanol–water partition coefficient (Wildman–Crippen LogP) is 4.33. The Morgan fingerprint density at radius 1 is 1.14 bits per heavy atom. The lowest BCUT2D eigenvalue weighted by Gasteiger charge is -2.14. The summed E-state index contributed by atoms with van der Waals surface area (Å²) in [7, 11) is 0. The molecule has 1 aliphatic carbocycles. The summed E-state index contributed by atoms with van der Waals surface area (Å²) < 4.78 is 2.05. The summed E-state index contributed by atoms with van der Waals surface area (Å²) in [5, 5.41) is 7.79. The van der Waals surface area contributed by atoms with Gasteiger partial charge in [-0.1, -0.05) is 24.3 Å². The molecule has 3 aromatic heterocycles. The Morgan fingerprint density at radius 2 is 1.97 bits per heavy atom. The van der Waals surface area contributed by atoms with E-state index in [1.165, 1.54) is 21.7 Å². The summed E-state index contributed by atoms with van der Waals surface area (Å²) in [5.41, 5.74) is 6.58. The molecule has 0 radical (unpaired) electrons. The zero-order chi connectivity index (χ0) is 19.8. The highest BCUT2D eigenvalue weighted by Gasteiger charge is 2.27. The summed E-state index contributed by atoms with van der Waals surface area (Å²) in [6.07, 6.45) is 3.58. The van der Waals surface area contributed by atoms with E-state index in [2.05, 4.69) is 22.4 Å². The van der Waals surface area contributed by atoms with Gasteiger partial charge in [-0.05, 0) is 55.7 Å². The highest BCUT2D eigenvalue weighted by atomic mass is 32.1. The Kier molecular flexibility index (Phi) is 4.48. The fraction of sp³-hybridized carbons (Fsp3) is 0.174. The largest absolute Gasteiger partial charge is 0.346 e. The number of aromatic nitrogens is 3. The zero-order valence-corrected chi connectivity index (χ0v) is 16.9. The SMILES string of the molecule is Cc1nn(-c2ccccc2)c2c1-c1sc(C(=O)NCc3ccccn3)cc1CC2. The van der Waals surface area contributed by atoms with E-state index >= 15 is 0 Å². The van der Waals surface area contributed by atoms with E-state index in [1.54, 1.807) is 17.5 Å². The van der Waals surface area contributed by atoms with Crippen molar-refractivity contribution in [2.45, 2.75) is 26.3 Å². The molecule has 0 saturated heterocycles. The number of thiophene rings is 1. The summed E-state index contributed by atoms with van der Waals surface area (Å²) >= 11 is 1.56. The van der Waals surface area contributed by atoms with E-state index in [4.69, 9.17) is 5.10 Å². The number of para-hydroxylation sites is 1. The van der Waals surface area contributed by atoms with Crippen LogP contribution >= 0.6 is 11.3 Å². The van der Waals surface area contributed by atoms with Gasteiger partial charge in [-0.25, -0.2) is 4.68 Å². The maximum absolute atomic E-state index is 12.7. The van der Waals surface area contributed by atoms with Crippen molar-refractivity contribution in [1.29, 1.82) is 0 Å². The summed E-state index contributed by atoms with van der Waals surface area (Å²) in [5.74, 6) is -0.0512. The third-order valence-electron chi connectivity index (χ3n) is 5.20. The Labute approximate surface area is 173 Å². The maximum Gasteiger partial charge on any atom is 0.261 e. The average Bonchev–Trinajstić information content (AvgIpc) is 3.34. The van der Waals surface area contributed by atoms with Crippen LogP contribution in [0, 0.1) is 6.92 Å². The molecule has 0 saturated carbocycles. The van der Waals surface area contributed by atoms with Gasteiger partial charge in [0, 0.05) is 16.6 Å². The van der Waals surface area contributed by atoms with Gasteiger partial charge in [0.05, 0.1) is 34.2 Å². The molecule has 1 aromatic carbocycles. The van der Waals surface area contributed by atoms with Crippen LogP contribution in [0.25, 0.3) is 16.1 Å². The second-order valence-corrected chi connectivity index (χ2v) is 8.18. The molecule has 1 aliphatic rings. The van der Waals surface area contributed by atoms with Gasteiger partial charge in [-0.2, -0.15) is 5.10 Å². The van der Waals surface area contributed by atoms with Gasteiger partial charge in [-0.3, -0.25) is 9.78 Å². The number of rotatable bonds is 4. The number of benzene rings is 1. The van der Waals surface area contributed by atoms with Crippen molar-refractivity contribution >= 4 is 17.2 Å². The lowest BCUT2D eigenvalue weighted by Crippen LogP contribution is -2.22. The number of aryl methyl sites for hydroxylation is 2. The van der Waals surface area contributed by atoms with Crippen molar-refractivity contribution < 1.29 is 4.79 Å². The Bertz CT molecular complexity index is 1180. The highest BCUT2D eigenvalue weighted by molar-refractivity contribution is 7.17. The highest BCUT2D eigenvalue weighted by Crippen LogP contribution is 2.42. The molecule has 1 N–H and O–H groups in total. The number of carbonyl (C=O) groups is 1. The van der Waals surface area contributed by atoms with Gasteiger partial charge in [0.1, 0.15) is 0 Å². The molecule has 6 heteroatoms. The maximum atomic E-state index is 12.7. The second-order valence-electron chi connectivity index (χ2n) is 7.12. The van der Waals surface area contributed by atoms with E-state index in [9.17, 15) is 4.79 Å². The first kappa shape index (κ1) is 17.8. The number of nitrogens with zero attached hydrogens (tertiary/aromatic N) is 3. The Balaban J connectivity index is 1.45. The third kappa shape index (κ3) is 3.25. The van der Waals surface area contributed by atoms with Gasteiger partial charge in [0.2, 0.25) is 0 Å². The molecule has 0 unspecified atom stereocenters. The van der Waals surface area contributed by atoms with E-state index in [-0.39, 0.29) is 5.91 Å². The summed E-state index contributed by atoms with van der Waals surface area (Å²) in [4.78, 5) is 18.9. The minimum absolute atomic E-state index is 0.0512. The molecule has 5 rings (SSSR count). The van der Waals surface area contributed by atoms with Crippen molar-refractivity contribution in [1.82, 2.24) is 20.1 Å². The van der Waals surface area contributed by atoms with E-state index in [0.29, 0.717) is 6.54 Å². The second kappa shape index (κ2) is 7.29. The number of hydrogen-bond donors (Lipinski definition) is 1. The first-order valence-electron chi connectivity index (χ1n) is 9.66. The van der Waals surface area contributed by atoms with Gasteiger partial charge in [-0.15, -0.1) is 11.3 Å². The summed E-state index contributed by atoms with van der Waals surface area (Å²) in [6.45, 7) is 2.48. The van der Waals surface area contributed by atoms with Crippen LogP contribution in [-0.2, 0) is 19.4 Å². The average molecular weight is 401 g/mol. The first-order valence-corrected chi connectivity index (χ1v) is 10.5. The standard InChI is InChI=1S/C23H20N4OS/c1-15-21-19(27(26-15)18-8-3-2-4-9-18)11-10-16-13-20(29-22(16)21)23(28)25-14-17-7-5-6-12-24-17/h2-9,12-13H,10-11,14H2,1H3,(H,25,28). The molecule has 3 heterocycles. The topological polar surface area (TPSA) is 59.8 Å². The first-order chi connectivity index (χ1) is 14.2. The summed E-state index contributed by atoms with van der Waals surface area (Å²) in [6, 6.07) is 18.0. The van der Waals surface area contributed by atoms with Crippen molar-refractivity contribution in [2.24, 2.45) is 0 Å². The van der Waals surface area contributed by atoms with Crippen molar-refractivity contribution in [3.8, 4) is 16.1 Å². The molecular weight excluding hydrogens is 380 g/mol. The van der Waals surface area contributed by atoms with E-state index in [1.807, 2.05) is 54.1 Å². The van der Waals surface area contributed by atoms with Crippen molar-refractivity contribution in [3.63, 3.8) is 0 Å². The Morgan fingerprint density at radius 3 is 2.76 bits per heavy atom. The number of pyridine rings is 1. The molecule has 0 spiro atoms. The number of carbonyl (C=O) groups excluding carboxylic acids is 1. The number of hydrogen-bond acceptors (Lipinski definition) is 4.